The molecule has 0 aromatic heterocycles. The molecule has 1 unspecified atom stereocenters. The third-order valence-corrected chi connectivity index (χ3v) is 4.93. The van der Waals surface area contributed by atoms with E-state index in [1.165, 1.54) is 0 Å². The first-order valence-corrected chi connectivity index (χ1v) is 7.84. The monoisotopic (exact) mass is 289 g/mol. The largest absolute Gasteiger partial charge is 0.481 e. The summed E-state index contributed by atoms with van der Waals surface area (Å²) < 4.78 is 5.68. The molecule has 2 heterocycles. The molecule has 0 aliphatic carbocycles. The summed E-state index contributed by atoms with van der Waals surface area (Å²) in [6.45, 7) is 3.49. The second-order valence-electron chi connectivity index (χ2n) is 6.19. The zero-order chi connectivity index (χ0) is 14.7. The van der Waals surface area contributed by atoms with E-state index in [0.717, 1.165) is 44.6 Å². The van der Waals surface area contributed by atoms with Crippen LogP contribution in [-0.4, -0.2) is 48.3 Å². The van der Waals surface area contributed by atoms with Crippen molar-refractivity contribution in [3.63, 3.8) is 0 Å². The lowest BCUT2D eigenvalue weighted by atomic mass is 9.73. The molecule has 2 aliphatic heterocycles. The van der Waals surface area contributed by atoms with Crippen molar-refractivity contribution < 1.29 is 14.6 Å². The van der Waals surface area contributed by atoms with Gasteiger partial charge in [-0.1, -0.05) is 30.3 Å². The summed E-state index contributed by atoms with van der Waals surface area (Å²) in [5.74, 6) is -0.689. The Morgan fingerprint density at radius 3 is 2.57 bits per heavy atom. The van der Waals surface area contributed by atoms with E-state index >= 15 is 0 Å². The average molecular weight is 289 g/mol. The SMILES string of the molecule is O=C(O)C1(c2ccccc2)CCN(CC2CCCO2)CC1. The number of carboxylic acids is 1. The van der Waals surface area contributed by atoms with E-state index in [-0.39, 0.29) is 0 Å². The molecule has 0 spiro atoms. The van der Waals surface area contributed by atoms with Crippen molar-refractivity contribution in [3.8, 4) is 0 Å². The standard InChI is InChI=1S/C17H23NO3/c19-16(20)17(14-5-2-1-3-6-14)8-10-18(11-9-17)13-15-7-4-12-21-15/h1-3,5-6,15H,4,7-13H2,(H,19,20). The number of rotatable bonds is 4. The number of likely N-dealkylation sites (tertiary alicyclic amines) is 1. The topological polar surface area (TPSA) is 49.8 Å². The number of hydrogen-bond donors (Lipinski definition) is 1. The lowest BCUT2D eigenvalue weighted by Gasteiger charge is -2.39. The first kappa shape index (κ1) is 14.5. The maximum absolute atomic E-state index is 11.9. The third-order valence-electron chi connectivity index (χ3n) is 4.93. The molecule has 2 saturated heterocycles. The van der Waals surface area contributed by atoms with Gasteiger partial charge in [0.1, 0.15) is 0 Å². The molecule has 1 atom stereocenters. The minimum atomic E-state index is -0.714. The molecule has 2 fully saturated rings. The number of aliphatic carboxylic acids is 1. The molecule has 0 amide bonds. The number of piperidine rings is 1. The smallest absolute Gasteiger partial charge is 0.314 e. The molecule has 3 rings (SSSR count). The molecule has 1 aromatic carbocycles. The number of carboxylic acid groups (broad SMARTS) is 1. The van der Waals surface area contributed by atoms with Gasteiger partial charge in [-0.25, -0.2) is 0 Å². The molecule has 0 bridgehead atoms. The lowest BCUT2D eigenvalue weighted by Crippen LogP contribution is -2.48. The predicted octanol–water partition coefficient (Wildman–Crippen LogP) is 2.28. The van der Waals surface area contributed by atoms with Crippen LogP contribution in [0.5, 0.6) is 0 Å². The Morgan fingerprint density at radius 1 is 1.29 bits per heavy atom. The molecule has 1 aromatic rings. The summed E-state index contributed by atoms with van der Waals surface area (Å²) in [6.07, 6.45) is 4.00. The highest BCUT2D eigenvalue weighted by Gasteiger charge is 2.43. The minimum Gasteiger partial charge on any atom is -0.481 e. The summed E-state index contributed by atoms with van der Waals surface area (Å²) in [4.78, 5) is 14.2. The fraction of sp³-hybridized carbons (Fsp3) is 0.588. The van der Waals surface area contributed by atoms with Gasteiger partial charge < -0.3 is 14.7 Å². The van der Waals surface area contributed by atoms with Gasteiger partial charge in [-0.05, 0) is 44.3 Å². The Labute approximate surface area is 125 Å². The number of nitrogens with zero attached hydrogens (tertiary/aromatic N) is 1. The maximum Gasteiger partial charge on any atom is 0.314 e. The van der Waals surface area contributed by atoms with Crippen molar-refractivity contribution in [2.24, 2.45) is 0 Å². The highest BCUT2D eigenvalue weighted by molar-refractivity contribution is 5.81. The van der Waals surface area contributed by atoms with Crippen molar-refractivity contribution in [1.82, 2.24) is 4.90 Å². The van der Waals surface area contributed by atoms with E-state index < -0.39 is 11.4 Å². The lowest BCUT2D eigenvalue weighted by molar-refractivity contribution is -0.146. The second kappa shape index (κ2) is 6.16. The van der Waals surface area contributed by atoms with Gasteiger partial charge in [0.2, 0.25) is 0 Å². The fourth-order valence-corrected chi connectivity index (χ4v) is 3.58. The summed E-state index contributed by atoms with van der Waals surface area (Å²) in [5.41, 5.74) is 0.225. The molecule has 0 radical (unpaired) electrons. The molecule has 2 aliphatic rings. The van der Waals surface area contributed by atoms with E-state index in [1.807, 2.05) is 30.3 Å². The molecule has 21 heavy (non-hydrogen) atoms. The van der Waals surface area contributed by atoms with E-state index in [0.29, 0.717) is 18.9 Å². The van der Waals surface area contributed by atoms with E-state index in [2.05, 4.69) is 4.90 Å². The van der Waals surface area contributed by atoms with Gasteiger partial charge in [-0.2, -0.15) is 0 Å². The molecular weight excluding hydrogens is 266 g/mol. The molecule has 4 nitrogen and oxygen atoms in total. The van der Waals surface area contributed by atoms with Crippen LogP contribution in [0.3, 0.4) is 0 Å². The fourth-order valence-electron chi connectivity index (χ4n) is 3.58. The van der Waals surface area contributed by atoms with Crippen molar-refractivity contribution in [1.29, 1.82) is 0 Å². The Hall–Kier alpha value is -1.39. The normalized spacial score (nSPS) is 25.8. The van der Waals surface area contributed by atoms with Gasteiger partial charge in [-0.15, -0.1) is 0 Å². The van der Waals surface area contributed by atoms with Crippen molar-refractivity contribution in [2.45, 2.75) is 37.2 Å². The zero-order valence-corrected chi connectivity index (χ0v) is 12.3. The van der Waals surface area contributed by atoms with Crippen LogP contribution in [0.1, 0.15) is 31.2 Å². The Bertz CT molecular complexity index is 474. The van der Waals surface area contributed by atoms with E-state index in [1.54, 1.807) is 0 Å². The molecule has 114 valence electrons. The predicted molar refractivity (Wildman–Crippen MR) is 80.4 cm³/mol. The van der Waals surface area contributed by atoms with Crippen LogP contribution in [-0.2, 0) is 14.9 Å². The summed E-state index contributed by atoms with van der Waals surface area (Å²) >= 11 is 0. The van der Waals surface area contributed by atoms with Crippen molar-refractivity contribution >= 4 is 5.97 Å². The Kier molecular flexibility index (Phi) is 4.27. The van der Waals surface area contributed by atoms with Gasteiger partial charge in [-0.3, -0.25) is 4.79 Å². The number of carbonyl (C=O) groups is 1. The summed E-state index contributed by atoms with van der Waals surface area (Å²) in [6, 6.07) is 9.69. The summed E-state index contributed by atoms with van der Waals surface area (Å²) in [5, 5.41) is 9.77. The quantitative estimate of drug-likeness (QED) is 0.924. The first-order chi connectivity index (χ1) is 10.2. The first-order valence-electron chi connectivity index (χ1n) is 7.84. The van der Waals surface area contributed by atoms with Crippen LogP contribution in [0.15, 0.2) is 30.3 Å². The Morgan fingerprint density at radius 2 is 2.00 bits per heavy atom. The van der Waals surface area contributed by atoms with Gasteiger partial charge in [0.15, 0.2) is 0 Å². The van der Waals surface area contributed by atoms with Gasteiger partial charge in [0, 0.05) is 13.2 Å². The van der Waals surface area contributed by atoms with E-state index in [4.69, 9.17) is 4.74 Å². The number of benzene rings is 1. The molecule has 4 heteroatoms. The van der Waals surface area contributed by atoms with Crippen LogP contribution >= 0.6 is 0 Å². The molecule has 0 saturated carbocycles. The minimum absolute atomic E-state index is 0.346. The number of ether oxygens (including phenoxy) is 1. The van der Waals surface area contributed by atoms with E-state index in [9.17, 15) is 9.90 Å². The maximum atomic E-state index is 11.9. The highest BCUT2D eigenvalue weighted by Crippen LogP contribution is 2.36. The van der Waals surface area contributed by atoms with Crippen LogP contribution in [0.2, 0.25) is 0 Å². The van der Waals surface area contributed by atoms with Crippen molar-refractivity contribution in [3.05, 3.63) is 35.9 Å². The summed E-state index contributed by atoms with van der Waals surface area (Å²) in [7, 11) is 0. The highest BCUT2D eigenvalue weighted by atomic mass is 16.5. The van der Waals surface area contributed by atoms with Crippen molar-refractivity contribution in [2.75, 3.05) is 26.2 Å². The average Bonchev–Trinajstić information content (AvgIpc) is 3.02. The second-order valence-corrected chi connectivity index (χ2v) is 6.19. The third kappa shape index (κ3) is 2.97. The van der Waals surface area contributed by atoms with Gasteiger partial charge in [0.05, 0.1) is 11.5 Å². The van der Waals surface area contributed by atoms with Gasteiger partial charge >= 0.3 is 5.97 Å². The molecular formula is C17H23NO3. The zero-order valence-electron chi connectivity index (χ0n) is 12.3. The van der Waals surface area contributed by atoms with Crippen LogP contribution < -0.4 is 0 Å². The van der Waals surface area contributed by atoms with Gasteiger partial charge in [0.25, 0.3) is 0 Å². The Balaban J connectivity index is 1.67. The molecule has 1 N–H and O–H groups in total. The van der Waals surface area contributed by atoms with Crippen LogP contribution in [0.25, 0.3) is 0 Å². The van der Waals surface area contributed by atoms with Crippen LogP contribution in [0.4, 0.5) is 0 Å². The number of hydrogen-bond acceptors (Lipinski definition) is 3. The van der Waals surface area contributed by atoms with Crippen LogP contribution in [0, 0.1) is 0 Å².